The number of carbonyl (C=O) groups is 4. The Hall–Kier alpha value is -2.18. The fraction of sp³-hybridized carbons (Fsp3) is 0.769. The van der Waals surface area contributed by atoms with Crippen molar-refractivity contribution in [2.75, 3.05) is 0 Å². The molecule has 4 rings (SSSR count). The van der Waals surface area contributed by atoms with E-state index in [0.29, 0.717) is 24.2 Å². The average Bonchev–Trinajstić information content (AvgIpc) is 3.09. The van der Waals surface area contributed by atoms with Crippen LogP contribution < -0.4 is 5.32 Å². The average molecular weight is 460 g/mol. The van der Waals surface area contributed by atoms with Crippen molar-refractivity contribution in [3.05, 3.63) is 11.6 Å². The summed E-state index contributed by atoms with van der Waals surface area (Å²) in [4.78, 5) is 47.3. The van der Waals surface area contributed by atoms with Crippen molar-refractivity contribution in [1.29, 1.82) is 0 Å². The van der Waals surface area contributed by atoms with Gasteiger partial charge >= 0.3 is 11.9 Å². The number of allylic oxidation sites excluding steroid dienone is 1. The van der Waals surface area contributed by atoms with Crippen molar-refractivity contribution in [3.8, 4) is 0 Å². The van der Waals surface area contributed by atoms with Gasteiger partial charge in [-0.25, -0.2) is 0 Å². The number of rotatable bonds is 6. The second kappa shape index (κ2) is 8.88. The van der Waals surface area contributed by atoms with Gasteiger partial charge in [0.05, 0.1) is 6.42 Å². The molecule has 0 aromatic heterocycles. The summed E-state index contributed by atoms with van der Waals surface area (Å²) in [5.74, 6) is 0.0526. The predicted molar refractivity (Wildman–Crippen MR) is 121 cm³/mol. The molecule has 0 aromatic rings. The molecular formula is C26H37NO6. The van der Waals surface area contributed by atoms with Crippen LogP contribution in [0.1, 0.15) is 85.0 Å². The van der Waals surface area contributed by atoms with Crippen molar-refractivity contribution in [2.45, 2.75) is 97.1 Å². The minimum atomic E-state index is -1.11. The van der Waals surface area contributed by atoms with Crippen LogP contribution in [0, 0.1) is 28.6 Å². The monoisotopic (exact) mass is 459 g/mol. The molecule has 0 aliphatic heterocycles. The number of carboxylic acid groups (broad SMARTS) is 1. The molecule has 33 heavy (non-hydrogen) atoms. The van der Waals surface area contributed by atoms with Gasteiger partial charge < -0.3 is 15.2 Å². The molecule has 0 bridgehead atoms. The Labute approximate surface area is 195 Å². The summed E-state index contributed by atoms with van der Waals surface area (Å²) in [7, 11) is 0. The molecule has 0 unspecified atom stereocenters. The molecule has 7 nitrogen and oxygen atoms in total. The Morgan fingerprint density at radius 3 is 2.58 bits per heavy atom. The molecule has 1 amide bonds. The molecule has 7 heteroatoms. The van der Waals surface area contributed by atoms with E-state index in [9.17, 15) is 19.2 Å². The highest BCUT2D eigenvalue weighted by Crippen LogP contribution is 2.65. The molecule has 0 heterocycles. The second-order valence-electron chi connectivity index (χ2n) is 11.2. The van der Waals surface area contributed by atoms with Crippen LogP contribution in [0.5, 0.6) is 0 Å². The van der Waals surface area contributed by atoms with Crippen LogP contribution in [0.15, 0.2) is 11.6 Å². The minimum Gasteiger partial charge on any atom is -0.480 e. The van der Waals surface area contributed by atoms with E-state index in [2.05, 4.69) is 19.2 Å². The van der Waals surface area contributed by atoms with Gasteiger partial charge in [-0.1, -0.05) is 19.4 Å². The van der Waals surface area contributed by atoms with E-state index in [4.69, 9.17) is 9.84 Å². The maximum Gasteiger partial charge on any atom is 0.325 e. The third kappa shape index (κ3) is 4.35. The lowest BCUT2D eigenvalue weighted by atomic mass is 9.47. The van der Waals surface area contributed by atoms with Crippen LogP contribution in [0.3, 0.4) is 0 Å². The Morgan fingerprint density at radius 1 is 1.09 bits per heavy atom. The van der Waals surface area contributed by atoms with Gasteiger partial charge in [0.25, 0.3) is 0 Å². The lowest BCUT2D eigenvalue weighted by Gasteiger charge is -2.57. The summed E-state index contributed by atoms with van der Waals surface area (Å²) in [5.41, 5.74) is 1.45. The quantitative estimate of drug-likeness (QED) is 0.585. The molecule has 7 atom stereocenters. The van der Waals surface area contributed by atoms with Gasteiger partial charge in [-0.3, -0.25) is 19.2 Å². The molecule has 0 aromatic carbocycles. The highest BCUT2D eigenvalue weighted by molar-refractivity contribution is 5.91. The van der Waals surface area contributed by atoms with Crippen molar-refractivity contribution in [2.24, 2.45) is 28.6 Å². The number of hydrogen-bond acceptors (Lipinski definition) is 5. The molecule has 3 fully saturated rings. The largest absolute Gasteiger partial charge is 0.480 e. The molecule has 4 aliphatic carbocycles. The molecule has 0 spiro atoms. The molecule has 0 radical (unpaired) electrons. The summed E-state index contributed by atoms with van der Waals surface area (Å²) >= 11 is 0. The standard InChI is InChI=1S/C26H37NO6/c1-15(24(31)32)27-22(29)8-9-23(30)33-21-7-6-19-18-5-4-16-14-17(28)10-12-25(16,2)20(18)11-13-26(19,21)3/h14-15,18-21H,4-13H2,1-3H3,(H,27,29)(H,31,32)/t15-,18+,19+,20+,21+,25+,26+/m1/s1. The zero-order valence-electron chi connectivity index (χ0n) is 20.0. The number of carboxylic acids is 1. The normalized spacial score (nSPS) is 38.3. The van der Waals surface area contributed by atoms with Gasteiger partial charge in [0, 0.05) is 18.3 Å². The second-order valence-corrected chi connectivity index (χ2v) is 11.2. The van der Waals surface area contributed by atoms with E-state index in [1.54, 1.807) is 0 Å². The van der Waals surface area contributed by atoms with Gasteiger partial charge in [-0.05, 0) is 81.1 Å². The first-order chi connectivity index (χ1) is 15.5. The third-order valence-corrected chi connectivity index (χ3v) is 9.45. The lowest BCUT2D eigenvalue weighted by Crippen LogP contribution is -2.51. The van der Waals surface area contributed by atoms with Crippen LogP contribution in [-0.2, 0) is 23.9 Å². The number of esters is 1. The van der Waals surface area contributed by atoms with Gasteiger partial charge in [0.15, 0.2) is 5.78 Å². The smallest absolute Gasteiger partial charge is 0.325 e. The zero-order chi connectivity index (χ0) is 24.0. The van der Waals surface area contributed by atoms with E-state index < -0.39 is 17.9 Å². The Balaban J connectivity index is 1.37. The van der Waals surface area contributed by atoms with Crippen molar-refractivity contribution < 1.29 is 29.0 Å². The number of nitrogens with one attached hydrogen (secondary N) is 1. The topological polar surface area (TPSA) is 110 Å². The molecule has 2 N–H and O–H groups in total. The first-order valence-corrected chi connectivity index (χ1v) is 12.5. The van der Waals surface area contributed by atoms with E-state index >= 15 is 0 Å². The summed E-state index contributed by atoms with van der Waals surface area (Å²) in [5, 5.41) is 11.3. The molecule has 182 valence electrons. The fourth-order valence-electron chi connectivity index (χ4n) is 7.51. The number of ketones is 1. The molecule has 3 saturated carbocycles. The third-order valence-electron chi connectivity index (χ3n) is 9.45. The maximum atomic E-state index is 12.5. The van der Waals surface area contributed by atoms with Crippen molar-refractivity contribution >= 4 is 23.6 Å². The highest BCUT2D eigenvalue weighted by Gasteiger charge is 2.59. The van der Waals surface area contributed by atoms with Crippen LogP contribution in [0.25, 0.3) is 0 Å². The number of hydrogen-bond donors (Lipinski definition) is 2. The maximum absolute atomic E-state index is 12.5. The summed E-state index contributed by atoms with van der Waals surface area (Å²) in [6, 6.07) is -0.979. The van der Waals surface area contributed by atoms with E-state index in [-0.39, 0.29) is 41.5 Å². The number of ether oxygens (including phenoxy) is 1. The highest BCUT2D eigenvalue weighted by atomic mass is 16.5. The van der Waals surface area contributed by atoms with Crippen LogP contribution >= 0.6 is 0 Å². The van der Waals surface area contributed by atoms with E-state index in [0.717, 1.165) is 44.9 Å². The zero-order valence-corrected chi connectivity index (χ0v) is 20.0. The van der Waals surface area contributed by atoms with Crippen LogP contribution in [-0.4, -0.2) is 40.9 Å². The van der Waals surface area contributed by atoms with Crippen LogP contribution in [0.4, 0.5) is 0 Å². The van der Waals surface area contributed by atoms with Crippen LogP contribution in [0.2, 0.25) is 0 Å². The van der Waals surface area contributed by atoms with Gasteiger partial charge in [0.2, 0.25) is 5.91 Å². The van der Waals surface area contributed by atoms with Gasteiger partial charge in [-0.15, -0.1) is 0 Å². The summed E-state index contributed by atoms with van der Waals surface area (Å²) < 4.78 is 5.92. The SMILES string of the molecule is C[C@@H](NC(=O)CCC(=O)O[C@H]1CC[C@H]2[C@@H]3CCC4=CC(=O)CC[C@]4(C)[C@H]3CC[C@]12C)C(=O)O. The summed E-state index contributed by atoms with van der Waals surface area (Å²) in [6.07, 6.45) is 9.46. The summed E-state index contributed by atoms with van der Waals surface area (Å²) in [6.45, 7) is 6.04. The van der Waals surface area contributed by atoms with E-state index in [1.165, 1.54) is 12.5 Å². The van der Waals surface area contributed by atoms with Gasteiger partial charge in [0.1, 0.15) is 12.1 Å². The Bertz CT molecular complexity index is 880. The van der Waals surface area contributed by atoms with E-state index in [1.807, 2.05) is 6.08 Å². The Kier molecular flexibility index (Phi) is 6.45. The number of carbonyl (C=O) groups excluding carboxylic acids is 3. The fourth-order valence-corrected chi connectivity index (χ4v) is 7.51. The number of fused-ring (bicyclic) bond motifs is 5. The molecule has 4 aliphatic rings. The lowest BCUT2D eigenvalue weighted by molar-refractivity contribution is -0.160. The Morgan fingerprint density at radius 2 is 1.85 bits per heavy atom. The first-order valence-electron chi connectivity index (χ1n) is 12.5. The van der Waals surface area contributed by atoms with Crippen molar-refractivity contribution in [1.82, 2.24) is 5.32 Å². The van der Waals surface area contributed by atoms with Gasteiger partial charge in [-0.2, -0.15) is 0 Å². The minimum absolute atomic E-state index is 0.0400. The van der Waals surface area contributed by atoms with Crippen molar-refractivity contribution in [3.63, 3.8) is 0 Å². The predicted octanol–water partition coefficient (Wildman–Crippen LogP) is 3.80. The molecule has 0 saturated heterocycles. The number of aliphatic carboxylic acids is 1. The molecular weight excluding hydrogens is 422 g/mol. The number of amides is 1. The first kappa shape index (κ1) is 24.0.